The van der Waals surface area contributed by atoms with Crippen LogP contribution in [-0.2, 0) is 17.5 Å². The van der Waals surface area contributed by atoms with E-state index in [9.17, 15) is 4.79 Å². The van der Waals surface area contributed by atoms with Gasteiger partial charge in [0, 0.05) is 33.8 Å². The number of carbonyl (C=O) groups excluding carboxylic acids is 1. The Labute approximate surface area is 180 Å². The Morgan fingerprint density at radius 2 is 2.00 bits per heavy atom. The van der Waals surface area contributed by atoms with E-state index in [0.29, 0.717) is 11.3 Å². The van der Waals surface area contributed by atoms with E-state index >= 15 is 0 Å². The molecule has 6 nitrogen and oxygen atoms in total. The molecule has 4 rings (SSSR count). The fourth-order valence-electron chi connectivity index (χ4n) is 3.04. The lowest BCUT2D eigenvalue weighted by molar-refractivity contribution is 0.0491. The van der Waals surface area contributed by atoms with E-state index in [1.165, 1.54) is 11.8 Å². The molecule has 0 aliphatic carbocycles. The fourth-order valence-corrected chi connectivity index (χ4v) is 4.34. The summed E-state index contributed by atoms with van der Waals surface area (Å²) in [6.07, 6.45) is 0. The van der Waals surface area contributed by atoms with Crippen molar-refractivity contribution in [2.24, 2.45) is 7.05 Å². The highest BCUT2D eigenvalue weighted by Crippen LogP contribution is 2.34. The Hall–Kier alpha value is -2.58. The maximum absolute atomic E-state index is 12.4. The molecule has 0 atom stereocenters. The molecular formula is C21H18BrN3O3S. The minimum absolute atomic E-state index is 0.234. The number of nitrogens with zero attached hydrogens (tertiary/aromatic N) is 3. The van der Waals surface area contributed by atoms with Crippen molar-refractivity contribution < 1.29 is 13.9 Å². The maximum Gasteiger partial charge on any atom is 0.374 e. The van der Waals surface area contributed by atoms with E-state index in [1.807, 2.05) is 60.1 Å². The topological polar surface area (TPSA) is 70.2 Å². The van der Waals surface area contributed by atoms with Gasteiger partial charge in [0.25, 0.3) is 0 Å². The highest BCUT2D eigenvalue weighted by atomic mass is 79.9. The number of ether oxygens (including phenoxy) is 1. The van der Waals surface area contributed by atoms with E-state index in [2.05, 4.69) is 26.1 Å². The average molecular weight is 472 g/mol. The standard InChI is InChI=1S/C21H18BrN3O3S/c1-3-27-20(26)18-16(15-11-14(22)9-10-17(15)28-18)12-29-21-24-23-19(25(21)2)13-7-5-4-6-8-13/h4-11H,3,12H2,1-2H3. The smallest absolute Gasteiger partial charge is 0.374 e. The predicted octanol–water partition coefficient (Wildman–Crippen LogP) is 5.46. The molecule has 0 spiro atoms. The van der Waals surface area contributed by atoms with Gasteiger partial charge in [-0.25, -0.2) is 4.79 Å². The third kappa shape index (κ3) is 3.95. The third-order valence-corrected chi connectivity index (χ3v) is 5.97. The van der Waals surface area contributed by atoms with Gasteiger partial charge >= 0.3 is 5.97 Å². The summed E-state index contributed by atoms with van der Waals surface area (Å²) in [4.78, 5) is 12.4. The van der Waals surface area contributed by atoms with E-state index in [1.54, 1.807) is 6.92 Å². The molecule has 0 unspecified atom stereocenters. The van der Waals surface area contributed by atoms with Crippen LogP contribution in [0.4, 0.5) is 0 Å². The van der Waals surface area contributed by atoms with Gasteiger partial charge in [0.15, 0.2) is 11.0 Å². The molecule has 2 aromatic heterocycles. The van der Waals surface area contributed by atoms with Crippen LogP contribution in [0.15, 0.2) is 62.6 Å². The molecule has 29 heavy (non-hydrogen) atoms. The highest BCUT2D eigenvalue weighted by Gasteiger charge is 2.23. The molecule has 0 saturated carbocycles. The second-order valence-electron chi connectivity index (χ2n) is 6.29. The molecule has 0 N–H and O–H groups in total. The molecule has 0 amide bonds. The van der Waals surface area contributed by atoms with Gasteiger partial charge in [-0.2, -0.15) is 0 Å². The number of carbonyl (C=O) groups is 1. The van der Waals surface area contributed by atoms with Gasteiger partial charge in [-0.3, -0.25) is 0 Å². The number of rotatable bonds is 6. The number of thioether (sulfide) groups is 1. The summed E-state index contributed by atoms with van der Waals surface area (Å²) in [5, 5.41) is 10.3. The molecule has 148 valence electrons. The lowest BCUT2D eigenvalue weighted by atomic mass is 10.1. The van der Waals surface area contributed by atoms with Crippen LogP contribution in [0, 0.1) is 0 Å². The van der Waals surface area contributed by atoms with Crippen LogP contribution in [0.3, 0.4) is 0 Å². The molecule has 0 radical (unpaired) electrons. The Balaban J connectivity index is 1.66. The number of furan rings is 1. The monoisotopic (exact) mass is 471 g/mol. The van der Waals surface area contributed by atoms with Crippen molar-refractivity contribution in [3.05, 3.63) is 64.3 Å². The summed E-state index contributed by atoms with van der Waals surface area (Å²) in [6.45, 7) is 2.06. The van der Waals surface area contributed by atoms with Crippen molar-refractivity contribution in [3.63, 3.8) is 0 Å². The minimum Gasteiger partial charge on any atom is -0.460 e. The number of esters is 1. The summed E-state index contributed by atoms with van der Waals surface area (Å²) in [7, 11) is 1.93. The molecule has 2 aromatic carbocycles. The number of halogens is 1. The fraction of sp³-hybridized carbons (Fsp3) is 0.190. The summed E-state index contributed by atoms with van der Waals surface area (Å²) >= 11 is 4.99. The molecule has 4 aromatic rings. The van der Waals surface area contributed by atoms with Crippen molar-refractivity contribution >= 4 is 44.6 Å². The molecular weight excluding hydrogens is 454 g/mol. The van der Waals surface area contributed by atoms with Gasteiger partial charge in [-0.1, -0.05) is 58.0 Å². The summed E-state index contributed by atoms with van der Waals surface area (Å²) in [5.74, 6) is 1.06. The van der Waals surface area contributed by atoms with Crippen molar-refractivity contribution in [2.45, 2.75) is 17.8 Å². The molecule has 0 aliphatic rings. The maximum atomic E-state index is 12.4. The SMILES string of the molecule is CCOC(=O)c1oc2ccc(Br)cc2c1CSc1nnc(-c2ccccc2)n1C. The molecule has 0 fully saturated rings. The van der Waals surface area contributed by atoms with Crippen molar-refractivity contribution in [2.75, 3.05) is 6.61 Å². The first-order valence-electron chi connectivity index (χ1n) is 9.04. The molecule has 0 aliphatic heterocycles. The van der Waals surface area contributed by atoms with Crippen LogP contribution in [0.25, 0.3) is 22.4 Å². The second-order valence-corrected chi connectivity index (χ2v) is 8.15. The van der Waals surface area contributed by atoms with Gasteiger partial charge in [-0.05, 0) is 25.1 Å². The highest BCUT2D eigenvalue weighted by molar-refractivity contribution is 9.10. The van der Waals surface area contributed by atoms with E-state index in [4.69, 9.17) is 9.15 Å². The first-order valence-corrected chi connectivity index (χ1v) is 10.8. The average Bonchev–Trinajstić information content (AvgIpc) is 3.27. The van der Waals surface area contributed by atoms with E-state index in [0.717, 1.165) is 32.0 Å². The minimum atomic E-state index is -0.460. The van der Waals surface area contributed by atoms with Crippen LogP contribution >= 0.6 is 27.7 Å². The van der Waals surface area contributed by atoms with Crippen LogP contribution in [0.5, 0.6) is 0 Å². The van der Waals surface area contributed by atoms with Gasteiger partial charge in [0.05, 0.1) is 6.61 Å². The lowest BCUT2D eigenvalue weighted by Crippen LogP contribution is -2.06. The number of hydrogen-bond donors (Lipinski definition) is 0. The predicted molar refractivity (Wildman–Crippen MR) is 116 cm³/mol. The molecule has 0 bridgehead atoms. The number of benzene rings is 2. The summed E-state index contributed by atoms with van der Waals surface area (Å²) < 4.78 is 13.9. The third-order valence-electron chi connectivity index (χ3n) is 4.43. The van der Waals surface area contributed by atoms with Crippen molar-refractivity contribution in [3.8, 4) is 11.4 Å². The van der Waals surface area contributed by atoms with Gasteiger partial charge in [0.1, 0.15) is 5.58 Å². The van der Waals surface area contributed by atoms with Crippen LogP contribution in [-0.4, -0.2) is 27.3 Å². The van der Waals surface area contributed by atoms with Gasteiger partial charge < -0.3 is 13.7 Å². The quantitative estimate of drug-likeness (QED) is 0.274. The number of hydrogen-bond acceptors (Lipinski definition) is 6. The van der Waals surface area contributed by atoms with Crippen LogP contribution < -0.4 is 0 Å². The number of aromatic nitrogens is 3. The normalized spacial score (nSPS) is 11.1. The first-order chi connectivity index (χ1) is 14.1. The summed E-state index contributed by atoms with van der Waals surface area (Å²) in [6, 6.07) is 15.6. The zero-order valence-electron chi connectivity index (χ0n) is 15.9. The van der Waals surface area contributed by atoms with Crippen molar-refractivity contribution in [1.29, 1.82) is 0 Å². The van der Waals surface area contributed by atoms with Gasteiger partial charge in [0.2, 0.25) is 5.76 Å². The number of fused-ring (bicyclic) bond motifs is 1. The molecule has 8 heteroatoms. The zero-order valence-corrected chi connectivity index (χ0v) is 18.3. The van der Waals surface area contributed by atoms with Crippen LogP contribution in [0.1, 0.15) is 23.0 Å². The Morgan fingerprint density at radius 1 is 1.21 bits per heavy atom. The lowest BCUT2D eigenvalue weighted by Gasteiger charge is -2.05. The van der Waals surface area contributed by atoms with Crippen LogP contribution in [0.2, 0.25) is 0 Å². The largest absolute Gasteiger partial charge is 0.460 e. The first kappa shape index (κ1) is 19.7. The Kier molecular flexibility index (Phi) is 5.73. The zero-order chi connectivity index (χ0) is 20.4. The summed E-state index contributed by atoms with van der Waals surface area (Å²) in [5.41, 5.74) is 2.43. The molecule has 0 saturated heterocycles. The Bertz CT molecular complexity index is 1170. The van der Waals surface area contributed by atoms with E-state index < -0.39 is 5.97 Å². The second kappa shape index (κ2) is 8.42. The van der Waals surface area contributed by atoms with Crippen molar-refractivity contribution in [1.82, 2.24) is 14.8 Å². The van der Waals surface area contributed by atoms with E-state index in [-0.39, 0.29) is 12.4 Å². The van der Waals surface area contributed by atoms with Gasteiger partial charge in [-0.15, -0.1) is 10.2 Å². The molecule has 2 heterocycles. The Morgan fingerprint density at radius 3 is 2.76 bits per heavy atom.